The lowest BCUT2D eigenvalue weighted by molar-refractivity contribution is -0.139. The molecule has 0 saturated carbocycles. The molecule has 2 N–H and O–H groups in total. The maximum atomic E-state index is 14.7. The van der Waals surface area contributed by atoms with Crippen LogP contribution in [0.3, 0.4) is 0 Å². The summed E-state index contributed by atoms with van der Waals surface area (Å²) in [7, 11) is 0. The predicted molar refractivity (Wildman–Crippen MR) is 110 cm³/mol. The monoisotopic (exact) mass is 399 g/mol. The summed E-state index contributed by atoms with van der Waals surface area (Å²) < 4.78 is 14.7. The first kappa shape index (κ1) is 20.8. The SMILES string of the molecule is CCN1CCN(c2ccc(C(=O)N[C@H](Cc3ccccc3)C(=O)O)cc2F)CC1. The molecule has 3 rings (SSSR count). The van der Waals surface area contributed by atoms with Crippen molar-refractivity contribution >= 4 is 17.6 Å². The highest BCUT2D eigenvalue weighted by Crippen LogP contribution is 2.22. The molecule has 2 aromatic carbocycles. The fourth-order valence-electron chi connectivity index (χ4n) is 3.50. The molecule has 0 aromatic heterocycles. The smallest absolute Gasteiger partial charge is 0.326 e. The number of halogens is 1. The molecule has 0 spiro atoms. The second-order valence-electron chi connectivity index (χ2n) is 7.14. The van der Waals surface area contributed by atoms with Crippen molar-refractivity contribution in [1.82, 2.24) is 10.2 Å². The number of carbonyl (C=O) groups excluding carboxylic acids is 1. The predicted octanol–water partition coefficient (Wildman–Crippen LogP) is 2.39. The first-order valence-electron chi connectivity index (χ1n) is 9.82. The fraction of sp³-hybridized carbons (Fsp3) is 0.364. The number of hydrogen-bond acceptors (Lipinski definition) is 4. The highest BCUT2D eigenvalue weighted by molar-refractivity contribution is 5.97. The summed E-state index contributed by atoms with van der Waals surface area (Å²) in [6.07, 6.45) is 0.157. The van der Waals surface area contributed by atoms with Gasteiger partial charge in [0.15, 0.2) is 0 Å². The third-order valence-corrected chi connectivity index (χ3v) is 5.26. The van der Waals surface area contributed by atoms with E-state index in [1.54, 1.807) is 24.3 Å². The van der Waals surface area contributed by atoms with Gasteiger partial charge in [-0.3, -0.25) is 4.79 Å². The van der Waals surface area contributed by atoms with Crippen molar-refractivity contribution in [2.45, 2.75) is 19.4 Å². The lowest BCUT2D eigenvalue weighted by Gasteiger charge is -2.35. The molecule has 0 unspecified atom stereocenters. The van der Waals surface area contributed by atoms with Crippen molar-refractivity contribution in [3.05, 3.63) is 65.5 Å². The Morgan fingerprint density at radius 1 is 1.10 bits per heavy atom. The summed E-state index contributed by atoms with van der Waals surface area (Å²) in [5.41, 5.74) is 1.38. The maximum absolute atomic E-state index is 14.7. The van der Waals surface area contributed by atoms with Crippen LogP contribution < -0.4 is 10.2 Å². The second kappa shape index (κ2) is 9.52. The third kappa shape index (κ3) is 5.32. The summed E-state index contributed by atoms with van der Waals surface area (Å²) >= 11 is 0. The molecule has 1 aliphatic rings. The van der Waals surface area contributed by atoms with E-state index in [4.69, 9.17) is 0 Å². The van der Waals surface area contributed by atoms with E-state index in [9.17, 15) is 19.1 Å². The van der Waals surface area contributed by atoms with Gasteiger partial charge in [-0.15, -0.1) is 0 Å². The number of nitrogens with zero attached hydrogens (tertiary/aromatic N) is 2. The van der Waals surface area contributed by atoms with E-state index in [0.29, 0.717) is 5.69 Å². The van der Waals surface area contributed by atoms with Gasteiger partial charge < -0.3 is 20.2 Å². The van der Waals surface area contributed by atoms with Gasteiger partial charge in [-0.05, 0) is 30.3 Å². The van der Waals surface area contributed by atoms with E-state index >= 15 is 0 Å². The van der Waals surface area contributed by atoms with Gasteiger partial charge in [0.1, 0.15) is 11.9 Å². The Hall–Kier alpha value is -2.93. The molecule has 1 amide bonds. The van der Waals surface area contributed by atoms with Crippen molar-refractivity contribution in [2.75, 3.05) is 37.6 Å². The van der Waals surface area contributed by atoms with E-state index in [2.05, 4.69) is 17.1 Å². The second-order valence-corrected chi connectivity index (χ2v) is 7.14. The van der Waals surface area contributed by atoms with Crippen LogP contribution in [0.1, 0.15) is 22.8 Å². The van der Waals surface area contributed by atoms with Crippen LogP contribution in [0.25, 0.3) is 0 Å². The Balaban J connectivity index is 1.67. The number of anilines is 1. The topological polar surface area (TPSA) is 72.9 Å². The van der Waals surface area contributed by atoms with Crippen molar-refractivity contribution in [2.24, 2.45) is 0 Å². The average molecular weight is 399 g/mol. The van der Waals surface area contributed by atoms with Crippen LogP contribution in [0.5, 0.6) is 0 Å². The number of rotatable bonds is 7. The molecule has 0 radical (unpaired) electrons. The van der Waals surface area contributed by atoms with Gasteiger partial charge in [0.25, 0.3) is 5.91 Å². The third-order valence-electron chi connectivity index (χ3n) is 5.26. The molecule has 29 heavy (non-hydrogen) atoms. The number of benzene rings is 2. The largest absolute Gasteiger partial charge is 0.480 e. The lowest BCUT2D eigenvalue weighted by Crippen LogP contribution is -2.46. The minimum atomic E-state index is -1.13. The Bertz CT molecular complexity index is 852. The van der Waals surface area contributed by atoms with Crippen LogP contribution in [0.15, 0.2) is 48.5 Å². The number of nitrogens with one attached hydrogen (secondary N) is 1. The van der Waals surface area contributed by atoms with Gasteiger partial charge in [0.05, 0.1) is 5.69 Å². The molecule has 1 atom stereocenters. The van der Waals surface area contributed by atoms with Gasteiger partial charge in [0.2, 0.25) is 0 Å². The van der Waals surface area contributed by atoms with Crippen LogP contribution in [-0.4, -0.2) is 60.6 Å². The zero-order valence-electron chi connectivity index (χ0n) is 16.5. The summed E-state index contributed by atoms with van der Waals surface area (Å²) in [6, 6.07) is 12.3. The number of carboxylic acid groups (broad SMARTS) is 1. The first-order valence-corrected chi connectivity index (χ1v) is 9.82. The molecule has 7 heteroatoms. The first-order chi connectivity index (χ1) is 14.0. The number of piperazine rings is 1. The van der Waals surface area contributed by atoms with Crippen molar-refractivity contribution in [3.63, 3.8) is 0 Å². The van der Waals surface area contributed by atoms with Crippen LogP contribution in [0.4, 0.5) is 10.1 Å². The lowest BCUT2D eigenvalue weighted by atomic mass is 10.1. The van der Waals surface area contributed by atoms with Gasteiger partial charge in [-0.2, -0.15) is 0 Å². The van der Waals surface area contributed by atoms with Gasteiger partial charge in [-0.1, -0.05) is 37.3 Å². The Morgan fingerprint density at radius 2 is 1.79 bits per heavy atom. The minimum Gasteiger partial charge on any atom is -0.480 e. The molecule has 1 saturated heterocycles. The number of hydrogen-bond donors (Lipinski definition) is 2. The molecule has 6 nitrogen and oxygen atoms in total. The molecular formula is C22H26FN3O3. The van der Waals surface area contributed by atoms with Crippen LogP contribution in [0, 0.1) is 5.82 Å². The highest BCUT2D eigenvalue weighted by atomic mass is 19.1. The fourth-order valence-corrected chi connectivity index (χ4v) is 3.50. The van der Waals surface area contributed by atoms with Crippen molar-refractivity contribution < 1.29 is 19.1 Å². The summed E-state index contributed by atoms with van der Waals surface area (Å²) in [5.74, 6) is -2.21. The standard InChI is InChI=1S/C22H26FN3O3/c1-2-25-10-12-26(13-11-25)20-9-8-17(15-18(20)23)21(27)24-19(22(28)29)14-16-6-4-3-5-7-16/h3-9,15,19H,2,10-14H2,1H3,(H,24,27)(H,28,29)/t19-/m1/s1. The molecule has 1 fully saturated rings. The zero-order chi connectivity index (χ0) is 20.8. The van der Waals surface area contributed by atoms with E-state index in [1.165, 1.54) is 6.07 Å². The maximum Gasteiger partial charge on any atom is 0.326 e. The molecule has 0 bridgehead atoms. The quantitative estimate of drug-likeness (QED) is 0.748. The molecule has 1 heterocycles. The van der Waals surface area contributed by atoms with Crippen LogP contribution >= 0.6 is 0 Å². The Kier molecular flexibility index (Phi) is 6.82. The number of amides is 1. The molecular weight excluding hydrogens is 373 g/mol. The van der Waals surface area contributed by atoms with E-state index in [1.807, 2.05) is 23.1 Å². The molecule has 0 aliphatic carbocycles. The number of carboxylic acids is 1. The van der Waals surface area contributed by atoms with E-state index in [-0.39, 0.29) is 12.0 Å². The highest BCUT2D eigenvalue weighted by Gasteiger charge is 2.23. The van der Waals surface area contributed by atoms with Gasteiger partial charge >= 0.3 is 5.97 Å². The number of carbonyl (C=O) groups is 2. The Morgan fingerprint density at radius 3 is 2.38 bits per heavy atom. The molecule has 1 aliphatic heterocycles. The summed E-state index contributed by atoms with van der Waals surface area (Å²) in [4.78, 5) is 28.3. The summed E-state index contributed by atoms with van der Waals surface area (Å²) in [6.45, 7) is 6.29. The van der Waals surface area contributed by atoms with Crippen LogP contribution in [0.2, 0.25) is 0 Å². The molecule has 154 valence electrons. The van der Waals surface area contributed by atoms with E-state index in [0.717, 1.165) is 38.3 Å². The minimum absolute atomic E-state index is 0.109. The van der Waals surface area contributed by atoms with Gasteiger partial charge in [0, 0.05) is 38.2 Å². The van der Waals surface area contributed by atoms with Crippen molar-refractivity contribution in [1.29, 1.82) is 0 Å². The zero-order valence-corrected chi connectivity index (χ0v) is 16.5. The van der Waals surface area contributed by atoms with E-state index < -0.39 is 23.7 Å². The number of aliphatic carboxylic acids is 1. The number of likely N-dealkylation sites (N-methyl/N-ethyl adjacent to an activating group) is 1. The van der Waals surface area contributed by atoms with Crippen LogP contribution in [-0.2, 0) is 11.2 Å². The normalized spacial score (nSPS) is 15.7. The Labute approximate surface area is 169 Å². The van der Waals surface area contributed by atoms with Gasteiger partial charge in [-0.25, -0.2) is 9.18 Å². The van der Waals surface area contributed by atoms with Crippen molar-refractivity contribution in [3.8, 4) is 0 Å². The summed E-state index contributed by atoms with van der Waals surface area (Å²) in [5, 5.41) is 11.9. The molecule has 2 aromatic rings. The average Bonchev–Trinajstić information content (AvgIpc) is 2.74.